The molecule has 3 aromatic rings. The molecular weight excluding hydrogens is 392 g/mol. The maximum Gasteiger partial charge on any atom is 0.289 e. The van der Waals surface area contributed by atoms with Gasteiger partial charge in [-0.3, -0.25) is 9.48 Å². The van der Waals surface area contributed by atoms with Crippen LogP contribution < -0.4 is 5.32 Å². The first-order valence-corrected chi connectivity index (χ1v) is 10.9. The fourth-order valence-corrected chi connectivity index (χ4v) is 4.39. The Balaban J connectivity index is 1.52. The summed E-state index contributed by atoms with van der Waals surface area (Å²) < 4.78 is 12.8. The summed E-state index contributed by atoms with van der Waals surface area (Å²) in [6.07, 6.45) is 3.66. The van der Waals surface area contributed by atoms with Crippen molar-refractivity contribution in [2.24, 2.45) is 0 Å². The molecule has 7 nitrogen and oxygen atoms in total. The fraction of sp³-hybridized carbons (Fsp3) is 0.458. The third kappa shape index (κ3) is 4.42. The number of nitrogens with zero attached hydrogens (tertiary/aromatic N) is 3. The van der Waals surface area contributed by atoms with Gasteiger partial charge in [-0.2, -0.15) is 5.10 Å². The molecule has 0 unspecified atom stereocenters. The quantitative estimate of drug-likeness (QED) is 0.650. The minimum atomic E-state index is -0.255. The number of benzene rings is 1. The zero-order valence-corrected chi connectivity index (χ0v) is 18.7. The lowest BCUT2D eigenvalue weighted by molar-refractivity contribution is 0.0483. The van der Waals surface area contributed by atoms with Crippen LogP contribution >= 0.6 is 0 Å². The number of hydrogen-bond donors (Lipinski definition) is 1. The summed E-state index contributed by atoms with van der Waals surface area (Å²) >= 11 is 0. The lowest BCUT2D eigenvalue weighted by Gasteiger charge is -2.38. The summed E-state index contributed by atoms with van der Waals surface area (Å²) in [6.45, 7) is 10.9. The molecule has 0 spiro atoms. The lowest BCUT2D eigenvalue weighted by Crippen LogP contribution is -2.44. The molecule has 1 aromatic carbocycles. The molecule has 0 saturated carbocycles. The molecule has 0 radical (unpaired) electrons. The zero-order chi connectivity index (χ0) is 22.0. The SMILES string of the molecule is CCn1cc(-c2cc(C(=O)NCC3(c4cc(C)cc(C)c4)CCOCC3)on2)c(C)n1. The van der Waals surface area contributed by atoms with Crippen molar-refractivity contribution in [3.8, 4) is 11.3 Å². The first kappa shape index (κ1) is 21.3. The Kier molecular flexibility index (Phi) is 5.96. The number of nitrogens with one attached hydrogen (secondary N) is 1. The molecule has 1 saturated heterocycles. The van der Waals surface area contributed by atoms with Gasteiger partial charge in [0.2, 0.25) is 5.76 Å². The number of carbonyl (C=O) groups is 1. The first-order chi connectivity index (χ1) is 14.9. The van der Waals surface area contributed by atoms with Gasteiger partial charge in [-0.15, -0.1) is 0 Å². The van der Waals surface area contributed by atoms with E-state index in [1.165, 1.54) is 16.7 Å². The highest BCUT2D eigenvalue weighted by atomic mass is 16.5. The summed E-state index contributed by atoms with van der Waals surface area (Å²) in [5, 5.41) is 11.6. The normalized spacial score (nSPS) is 15.7. The van der Waals surface area contributed by atoms with Crippen molar-refractivity contribution in [3.05, 3.63) is 58.6 Å². The van der Waals surface area contributed by atoms with Gasteiger partial charge >= 0.3 is 0 Å². The van der Waals surface area contributed by atoms with Crippen molar-refractivity contribution in [3.63, 3.8) is 0 Å². The smallest absolute Gasteiger partial charge is 0.289 e. The second kappa shape index (κ2) is 8.67. The largest absolute Gasteiger partial charge is 0.381 e. The Labute approximate surface area is 182 Å². The third-order valence-electron chi connectivity index (χ3n) is 6.15. The standard InChI is InChI=1S/C24H30N4O3/c1-5-28-14-20(18(4)26-28)21-13-22(31-27-21)23(29)25-15-24(6-8-30-9-7-24)19-11-16(2)10-17(3)12-19/h10-14H,5-9,15H2,1-4H3,(H,25,29). The van der Waals surface area contributed by atoms with Crippen LogP contribution in [-0.2, 0) is 16.7 Å². The van der Waals surface area contributed by atoms with Crippen LogP contribution in [0.1, 0.15) is 52.7 Å². The maximum atomic E-state index is 12.9. The molecule has 7 heteroatoms. The van der Waals surface area contributed by atoms with E-state index in [-0.39, 0.29) is 17.1 Å². The second-order valence-corrected chi connectivity index (χ2v) is 8.51. The zero-order valence-electron chi connectivity index (χ0n) is 18.7. The van der Waals surface area contributed by atoms with Crippen molar-refractivity contribution < 1.29 is 14.1 Å². The van der Waals surface area contributed by atoms with Crippen molar-refractivity contribution in [1.82, 2.24) is 20.3 Å². The van der Waals surface area contributed by atoms with Crippen LogP contribution in [0.15, 0.2) is 35.0 Å². The highest BCUT2D eigenvalue weighted by Gasteiger charge is 2.35. The third-order valence-corrected chi connectivity index (χ3v) is 6.15. The number of rotatable bonds is 6. The lowest BCUT2D eigenvalue weighted by atomic mass is 9.73. The Morgan fingerprint density at radius 2 is 1.84 bits per heavy atom. The van der Waals surface area contributed by atoms with E-state index in [9.17, 15) is 4.79 Å². The molecule has 1 aliphatic rings. The highest BCUT2D eigenvalue weighted by Crippen LogP contribution is 2.35. The summed E-state index contributed by atoms with van der Waals surface area (Å²) in [4.78, 5) is 12.9. The van der Waals surface area contributed by atoms with Crippen LogP contribution in [0, 0.1) is 20.8 Å². The monoisotopic (exact) mass is 422 g/mol. The molecule has 31 heavy (non-hydrogen) atoms. The topological polar surface area (TPSA) is 82.2 Å². The molecule has 2 aromatic heterocycles. The minimum absolute atomic E-state index is 0.146. The van der Waals surface area contributed by atoms with E-state index in [1.807, 2.05) is 24.7 Å². The summed E-state index contributed by atoms with van der Waals surface area (Å²) in [6, 6.07) is 8.32. The van der Waals surface area contributed by atoms with Gasteiger partial charge in [0, 0.05) is 49.5 Å². The first-order valence-electron chi connectivity index (χ1n) is 10.9. The van der Waals surface area contributed by atoms with Crippen molar-refractivity contribution >= 4 is 5.91 Å². The molecule has 1 aliphatic heterocycles. The average Bonchev–Trinajstić information content (AvgIpc) is 3.38. The van der Waals surface area contributed by atoms with E-state index in [0.717, 1.165) is 30.6 Å². The molecular formula is C24H30N4O3. The van der Waals surface area contributed by atoms with E-state index in [4.69, 9.17) is 9.26 Å². The molecule has 0 atom stereocenters. The van der Waals surface area contributed by atoms with E-state index < -0.39 is 0 Å². The van der Waals surface area contributed by atoms with Crippen molar-refractivity contribution in [2.45, 2.75) is 52.5 Å². The molecule has 1 fully saturated rings. The average molecular weight is 423 g/mol. The van der Waals surface area contributed by atoms with E-state index >= 15 is 0 Å². The second-order valence-electron chi connectivity index (χ2n) is 8.51. The summed E-state index contributed by atoms with van der Waals surface area (Å²) in [7, 11) is 0. The number of amides is 1. The summed E-state index contributed by atoms with van der Waals surface area (Å²) in [5.41, 5.74) is 5.93. The van der Waals surface area contributed by atoms with Gasteiger partial charge in [-0.05, 0) is 46.1 Å². The number of hydrogen-bond acceptors (Lipinski definition) is 5. The number of aromatic nitrogens is 3. The van der Waals surface area contributed by atoms with Crippen LogP contribution in [0.25, 0.3) is 11.3 Å². The molecule has 1 amide bonds. The summed E-state index contributed by atoms with van der Waals surface area (Å²) in [5.74, 6) is -0.0455. The van der Waals surface area contributed by atoms with Gasteiger partial charge in [0.15, 0.2) is 0 Å². The van der Waals surface area contributed by atoms with Crippen molar-refractivity contribution in [2.75, 3.05) is 19.8 Å². The highest BCUT2D eigenvalue weighted by molar-refractivity contribution is 5.92. The minimum Gasteiger partial charge on any atom is -0.381 e. The predicted molar refractivity (Wildman–Crippen MR) is 118 cm³/mol. The van der Waals surface area contributed by atoms with Gasteiger partial charge in [-0.25, -0.2) is 0 Å². The van der Waals surface area contributed by atoms with Crippen LogP contribution in [0.5, 0.6) is 0 Å². The molecule has 0 aliphatic carbocycles. The van der Waals surface area contributed by atoms with Gasteiger partial charge < -0.3 is 14.6 Å². The van der Waals surface area contributed by atoms with Crippen LogP contribution in [0.2, 0.25) is 0 Å². The van der Waals surface area contributed by atoms with E-state index in [2.05, 4.69) is 47.6 Å². The maximum absolute atomic E-state index is 12.9. The molecule has 164 valence electrons. The van der Waals surface area contributed by atoms with E-state index in [0.29, 0.717) is 25.5 Å². The van der Waals surface area contributed by atoms with Gasteiger partial charge in [0.1, 0.15) is 5.69 Å². The number of carbonyl (C=O) groups excluding carboxylic acids is 1. The van der Waals surface area contributed by atoms with Crippen LogP contribution in [-0.4, -0.2) is 40.6 Å². The predicted octanol–water partition coefficient (Wildman–Crippen LogP) is 3.96. The number of ether oxygens (including phenoxy) is 1. The Bertz CT molecular complexity index is 1060. The Hall–Kier alpha value is -2.93. The van der Waals surface area contributed by atoms with E-state index in [1.54, 1.807) is 6.07 Å². The van der Waals surface area contributed by atoms with Gasteiger partial charge in [0.05, 0.1) is 5.69 Å². The van der Waals surface area contributed by atoms with Crippen LogP contribution in [0.3, 0.4) is 0 Å². The molecule has 0 bridgehead atoms. The molecule has 4 rings (SSSR count). The number of aryl methyl sites for hydroxylation is 4. The van der Waals surface area contributed by atoms with Crippen LogP contribution in [0.4, 0.5) is 0 Å². The molecule has 1 N–H and O–H groups in total. The van der Waals surface area contributed by atoms with Crippen molar-refractivity contribution in [1.29, 1.82) is 0 Å². The molecule has 3 heterocycles. The van der Waals surface area contributed by atoms with Gasteiger partial charge in [-0.1, -0.05) is 34.5 Å². The van der Waals surface area contributed by atoms with Gasteiger partial charge in [0.25, 0.3) is 5.91 Å². The Morgan fingerprint density at radius 1 is 1.13 bits per heavy atom. The Morgan fingerprint density at radius 3 is 2.48 bits per heavy atom. The fourth-order valence-electron chi connectivity index (χ4n) is 4.39.